The Bertz CT molecular complexity index is 657. The van der Waals surface area contributed by atoms with Crippen LogP contribution in [0.2, 0.25) is 0 Å². The van der Waals surface area contributed by atoms with Gasteiger partial charge in [-0.2, -0.15) is 0 Å². The largest absolute Gasteiger partial charge is 0.299 e. The summed E-state index contributed by atoms with van der Waals surface area (Å²) < 4.78 is 0.921. The van der Waals surface area contributed by atoms with Crippen LogP contribution in [0, 0.1) is 0 Å². The van der Waals surface area contributed by atoms with Crippen LogP contribution in [0.5, 0.6) is 0 Å². The molecule has 0 saturated carbocycles. The van der Waals surface area contributed by atoms with Gasteiger partial charge in [0.15, 0.2) is 0 Å². The van der Waals surface area contributed by atoms with Crippen molar-refractivity contribution < 1.29 is 4.79 Å². The second kappa shape index (κ2) is 10.6. The van der Waals surface area contributed by atoms with Gasteiger partial charge in [-0.25, -0.2) is 0 Å². The Morgan fingerprint density at radius 2 is 2.04 bits per heavy atom. The zero-order valence-electron chi connectivity index (χ0n) is 15.5. The lowest BCUT2D eigenvalue weighted by molar-refractivity contribution is 0.112. The lowest BCUT2D eigenvalue weighted by Crippen LogP contribution is -2.31. The quantitative estimate of drug-likeness (QED) is 0.554. The molecule has 0 N–H and O–H groups in total. The summed E-state index contributed by atoms with van der Waals surface area (Å²) in [5.74, 6) is 0. The van der Waals surface area contributed by atoms with E-state index in [9.17, 15) is 4.79 Å². The molecular formula is C20H29BrN2O. The molecule has 1 aromatic heterocycles. The summed E-state index contributed by atoms with van der Waals surface area (Å²) in [6, 6.07) is 6.40. The van der Waals surface area contributed by atoms with Crippen molar-refractivity contribution in [2.24, 2.45) is 0 Å². The van der Waals surface area contributed by atoms with E-state index in [2.05, 4.69) is 46.7 Å². The van der Waals surface area contributed by atoms with Crippen molar-refractivity contribution in [2.75, 3.05) is 7.05 Å². The second-order valence-corrected chi connectivity index (χ2v) is 6.56. The Balaban J connectivity index is 0.00000139. The van der Waals surface area contributed by atoms with Gasteiger partial charge in [0, 0.05) is 39.8 Å². The minimum atomic E-state index is 0.534. The van der Waals surface area contributed by atoms with Gasteiger partial charge < -0.3 is 0 Å². The number of nitrogens with zero attached hydrogens (tertiary/aromatic N) is 2. The van der Waals surface area contributed by atoms with Crippen LogP contribution in [0.25, 0.3) is 10.9 Å². The number of fused-ring (bicyclic) bond motifs is 1. The Labute approximate surface area is 154 Å². The number of hydrogen-bond acceptors (Lipinski definition) is 3. The number of aldehydes is 1. The molecule has 3 nitrogen and oxygen atoms in total. The third-order valence-electron chi connectivity index (χ3n) is 4.23. The molecule has 0 saturated heterocycles. The van der Waals surface area contributed by atoms with Gasteiger partial charge in [0.2, 0.25) is 0 Å². The number of aromatic nitrogens is 1. The summed E-state index contributed by atoms with van der Waals surface area (Å²) in [6.45, 7) is 9.17. The number of rotatable bonds is 7. The first-order valence-corrected chi connectivity index (χ1v) is 9.63. The van der Waals surface area contributed by atoms with Crippen molar-refractivity contribution in [3.63, 3.8) is 0 Å². The lowest BCUT2D eigenvalue weighted by Gasteiger charge is -2.27. The van der Waals surface area contributed by atoms with E-state index in [4.69, 9.17) is 0 Å². The molecule has 4 heteroatoms. The molecule has 0 fully saturated rings. The molecule has 2 rings (SSSR count). The van der Waals surface area contributed by atoms with Crippen molar-refractivity contribution in [3.8, 4) is 0 Å². The molecule has 0 bridgehead atoms. The topological polar surface area (TPSA) is 33.2 Å². The maximum absolute atomic E-state index is 11.5. The monoisotopic (exact) mass is 392 g/mol. The molecule has 0 aliphatic carbocycles. The number of carbonyl (C=O) groups excluding carboxylic acids is 1. The average Bonchev–Trinajstić information content (AvgIpc) is 2.63. The highest BCUT2D eigenvalue weighted by atomic mass is 79.9. The van der Waals surface area contributed by atoms with E-state index in [0.29, 0.717) is 6.04 Å². The van der Waals surface area contributed by atoms with Gasteiger partial charge in [0.25, 0.3) is 0 Å². The zero-order chi connectivity index (χ0) is 18.1. The summed E-state index contributed by atoms with van der Waals surface area (Å²) in [6.07, 6.45) is 6.18. The van der Waals surface area contributed by atoms with Gasteiger partial charge in [-0.15, -0.1) is 0 Å². The third kappa shape index (κ3) is 4.87. The number of hydrogen-bond donors (Lipinski definition) is 0. The zero-order valence-corrected chi connectivity index (χ0v) is 17.1. The maximum Gasteiger partial charge on any atom is 0.150 e. The van der Waals surface area contributed by atoms with Gasteiger partial charge in [-0.1, -0.05) is 56.1 Å². The highest BCUT2D eigenvalue weighted by Gasteiger charge is 2.17. The van der Waals surface area contributed by atoms with Gasteiger partial charge in [-0.3, -0.25) is 14.7 Å². The van der Waals surface area contributed by atoms with Crippen LogP contribution < -0.4 is 0 Å². The molecule has 0 spiro atoms. The number of benzene rings is 1. The predicted octanol–water partition coefficient (Wildman–Crippen LogP) is 5.85. The lowest BCUT2D eigenvalue weighted by atomic mass is 10.0. The van der Waals surface area contributed by atoms with Crippen molar-refractivity contribution in [1.82, 2.24) is 9.88 Å². The highest BCUT2D eigenvalue weighted by Crippen LogP contribution is 2.29. The van der Waals surface area contributed by atoms with Crippen molar-refractivity contribution in [3.05, 3.63) is 40.0 Å². The Morgan fingerprint density at radius 1 is 1.33 bits per heavy atom. The SMILES string of the molecule is CC.CCCC(CC)N(C)Cc1c(C=O)cc(Br)c2cccnc12. The summed E-state index contributed by atoms with van der Waals surface area (Å²) in [4.78, 5) is 18.4. The van der Waals surface area contributed by atoms with E-state index in [1.807, 2.05) is 32.0 Å². The smallest absolute Gasteiger partial charge is 0.150 e. The molecule has 0 aliphatic heterocycles. The summed E-state index contributed by atoms with van der Waals surface area (Å²) in [7, 11) is 2.13. The van der Waals surface area contributed by atoms with Gasteiger partial charge in [0.05, 0.1) is 5.52 Å². The molecule has 1 aromatic carbocycles. The van der Waals surface area contributed by atoms with Gasteiger partial charge in [0.1, 0.15) is 6.29 Å². The first-order chi connectivity index (χ1) is 11.6. The van der Waals surface area contributed by atoms with Crippen LogP contribution in [-0.2, 0) is 6.54 Å². The van der Waals surface area contributed by atoms with E-state index in [-0.39, 0.29) is 0 Å². The van der Waals surface area contributed by atoms with Crippen LogP contribution in [0.4, 0.5) is 0 Å². The molecule has 0 radical (unpaired) electrons. The number of pyridine rings is 1. The van der Waals surface area contributed by atoms with Crippen molar-refractivity contribution in [1.29, 1.82) is 0 Å². The minimum absolute atomic E-state index is 0.534. The van der Waals surface area contributed by atoms with Crippen LogP contribution in [0.1, 0.15) is 62.9 Å². The minimum Gasteiger partial charge on any atom is -0.299 e. The van der Waals surface area contributed by atoms with E-state index in [0.717, 1.165) is 45.8 Å². The predicted molar refractivity (Wildman–Crippen MR) is 107 cm³/mol. The molecule has 2 aromatic rings. The van der Waals surface area contributed by atoms with E-state index >= 15 is 0 Å². The number of halogens is 1. The Hall–Kier alpha value is -1.26. The summed E-state index contributed by atoms with van der Waals surface area (Å²) in [5.41, 5.74) is 2.65. The van der Waals surface area contributed by atoms with Crippen molar-refractivity contribution >= 4 is 33.1 Å². The fraction of sp³-hybridized carbons (Fsp3) is 0.500. The van der Waals surface area contributed by atoms with Gasteiger partial charge >= 0.3 is 0 Å². The summed E-state index contributed by atoms with van der Waals surface area (Å²) >= 11 is 3.54. The highest BCUT2D eigenvalue weighted by molar-refractivity contribution is 9.10. The first kappa shape index (κ1) is 20.8. The maximum atomic E-state index is 11.5. The van der Waals surface area contributed by atoms with E-state index in [1.54, 1.807) is 6.20 Å². The average molecular weight is 393 g/mol. The molecule has 0 amide bonds. The van der Waals surface area contributed by atoms with Crippen LogP contribution >= 0.6 is 15.9 Å². The molecule has 0 aliphatic rings. The third-order valence-corrected chi connectivity index (χ3v) is 4.89. The molecule has 24 heavy (non-hydrogen) atoms. The Kier molecular flexibility index (Phi) is 9.16. The molecule has 132 valence electrons. The van der Waals surface area contributed by atoms with Crippen LogP contribution in [0.15, 0.2) is 28.9 Å². The molecule has 1 heterocycles. The second-order valence-electron chi connectivity index (χ2n) is 5.71. The van der Waals surface area contributed by atoms with Crippen LogP contribution in [0.3, 0.4) is 0 Å². The molecule has 1 unspecified atom stereocenters. The Morgan fingerprint density at radius 3 is 2.62 bits per heavy atom. The fourth-order valence-electron chi connectivity index (χ4n) is 3.00. The van der Waals surface area contributed by atoms with E-state index in [1.165, 1.54) is 12.8 Å². The summed E-state index contributed by atoms with van der Waals surface area (Å²) in [5, 5.41) is 1.06. The molecular weight excluding hydrogens is 364 g/mol. The van der Waals surface area contributed by atoms with Crippen LogP contribution in [-0.4, -0.2) is 29.3 Å². The normalized spacial score (nSPS) is 12.0. The van der Waals surface area contributed by atoms with E-state index < -0.39 is 0 Å². The fourth-order valence-corrected chi connectivity index (χ4v) is 3.56. The standard InChI is InChI=1S/C18H23BrN2O.C2H6/c1-4-7-14(5-2)21(3)11-16-13(12-22)10-17(19)15-8-6-9-20-18(15)16;1-2/h6,8-10,12,14H,4-5,7,11H2,1-3H3;1-2H3. The number of carbonyl (C=O) groups is 1. The molecule has 1 atom stereocenters. The first-order valence-electron chi connectivity index (χ1n) is 8.83. The van der Waals surface area contributed by atoms with Crippen molar-refractivity contribution in [2.45, 2.75) is 59.5 Å². The van der Waals surface area contributed by atoms with Gasteiger partial charge in [-0.05, 0) is 32.0 Å².